The number of likely N-dealkylation sites (N-methyl/N-ethyl adjacent to an activating group) is 1. The van der Waals surface area contributed by atoms with Gasteiger partial charge in [0.05, 0.1) is 20.8 Å². The summed E-state index contributed by atoms with van der Waals surface area (Å²) in [5, 5.41) is 9.82. The largest absolute Gasteiger partial charge is 0.502 e. The summed E-state index contributed by atoms with van der Waals surface area (Å²) in [4.78, 5) is 6.48. The van der Waals surface area contributed by atoms with E-state index in [4.69, 9.17) is 9.47 Å². The average Bonchev–Trinajstić information content (AvgIpc) is 2.76. The Bertz CT molecular complexity index is 432. The van der Waals surface area contributed by atoms with Gasteiger partial charge in [0, 0.05) is 19.2 Å². The lowest BCUT2D eigenvalue weighted by atomic mass is 10.1. The number of rotatable bonds is 3. The van der Waals surface area contributed by atoms with Gasteiger partial charge in [-0.15, -0.1) is 0 Å². The van der Waals surface area contributed by atoms with E-state index in [2.05, 4.69) is 9.89 Å². The van der Waals surface area contributed by atoms with Crippen molar-refractivity contribution in [3.8, 4) is 17.2 Å². The highest BCUT2D eigenvalue weighted by molar-refractivity contribution is 6.00. The summed E-state index contributed by atoms with van der Waals surface area (Å²) in [6, 6.07) is 3.52. The summed E-state index contributed by atoms with van der Waals surface area (Å²) in [5.41, 5.74) is 0.886. The van der Waals surface area contributed by atoms with Crippen LogP contribution in [0.1, 0.15) is 5.56 Å². The number of phenols is 1. The second kappa shape index (κ2) is 4.53. The number of methoxy groups -OCH3 is 2. The molecule has 5 nitrogen and oxygen atoms in total. The number of nitrogens with zero attached hydrogens (tertiary/aromatic N) is 2. The van der Waals surface area contributed by atoms with E-state index in [1.807, 2.05) is 7.05 Å². The third-order valence-electron chi connectivity index (χ3n) is 2.80. The van der Waals surface area contributed by atoms with Gasteiger partial charge in [0.25, 0.3) is 0 Å². The molecule has 2 rings (SSSR count). The molecule has 0 radical (unpaired) electrons. The van der Waals surface area contributed by atoms with E-state index >= 15 is 0 Å². The molecule has 0 atom stereocenters. The zero-order valence-electron chi connectivity index (χ0n) is 10.2. The van der Waals surface area contributed by atoms with Crippen molar-refractivity contribution in [3.63, 3.8) is 0 Å². The fourth-order valence-electron chi connectivity index (χ4n) is 1.87. The summed E-state index contributed by atoms with van der Waals surface area (Å²) in [6.45, 7) is 1.69. The number of hydrogen-bond donors (Lipinski definition) is 1. The first-order chi connectivity index (χ1) is 8.17. The maximum Gasteiger partial charge on any atom is 0.200 e. The molecule has 0 aliphatic carbocycles. The summed E-state index contributed by atoms with van der Waals surface area (Å²) in [6.07, 6.45) is 0. The highest BCUT2D eigenvalue weighted by Crippen LogP contribution is 2.37. The van der Waals surface area contributed by atoms with E-state index in [0.29, 0.717) is 11.5 Å². The molecule has 0 saturated heterocycles. The number of ether oxygens (including phenoxy) is 2. The summed E-state index contributed by atoms with van der Waals surface area (Å²) >= 11 is 0. The molecule has 0 bridgehead atoms. The maximum atomic E-state index is 9.82. The van der Waals surface area contributed by atoms with Crippen LogP contribution in [0.3, 0.4) is 0 Å². The van der Waals surface area contributed by atoms with Crippen molar-refractivity contribution in [1.29, 1.82) is 0 Å². The third kappa shape index (κ3) is 2.00. The first-order valence-corrected chi connectivity index (χ1v) is 5.38. The van der Waals surface area contributed by atoms with Gasteiger partial charge in [-0.05, 0) is 12.1 Å². The Kier molecular flexibility index (Phi) is 3.08. The Morgan fingerprint density at radius 3 is 2.24 bits per heavy atom. The van der Waals surface area contributed by atoms with Crippen molar-refractivity contribution < 1.29 is 14.6 Å². The van der Waals surface area contributed by atoms with Crippen molar-refractivity contribution in [2.24, 2.45) is 4.99 Å². The van der Waals surface area contributed by atoms with Crippen LogP contribution in [0.2, 0.25) is 0 Å². The van der Waals surface area contributed by atoms with Crippen LogP contribution in [-0.2, 0) is 0 Å². The standard InChI is InChI=1S/C12H16N2O3/c1-14-5-4-13-12(14)8-6-9(16-2)11(15)10(7-8)17-3/h6-7,15H,4-5H2,1-3H3. The van der Waals surface area contributed by atoms with Crippen LogP contribution in [0.25, 0.3) is 0 Å². The van der Waals surface area contributed by atoms with Crippen molar-refractivity contribution in [2.75, 3.05) is 34.4 Å². The molecule has 1 heterocycles. The first-order valence-electron chi connectivity index (χ1n) is 5.38. The molecule has 0 amide bonds. The van der Waals surface area contributed by atoms with Crippen molar-refractivity contribution in [2.45, 2.75) is 0 Å². The Balaban J connectivity index is 2.48. The molecule has 0 fully saturated rings. The number of hydrogen-bond acceptors (Lipinski definition) is 5. The van der Waals surface area contributed by atoms with Crippen molar-refractivity contribution in [1.82, 2.24) is 4.90 Å². The van der Waals surface area contributed by atoms with Crippen LogP contribution in [0.5, 0.6) is 17.2 Å². The van der Waals surface area contributed by atoms with Gasteiger partial charge < -0.3 is 19.5 Å². The van der Waals surface area contributed by atoms with Crippen LogP contribution in [0.15, 0.2) is 17.1 Å². The van der Waals surface area contributed by atoms with Crippen LogP contribution in [-0.4, -0.2) is 50.2 Å². The molecular weight excluding hydrogens is 220 g/mol. The minimum atomic E-state index is 0.0139. The van der Waals surface area contributed by atoms with E-state index in [1.165, 1.54) is 14.2 Å². The third-order valence-corrected chi connectivity index (χ3v) is 2.80. The molecule has 5 heteroatoms. The molecular formula is C12H16N2O3. The molecule has 1 N–H and O–H groups in total. The fourth-order valence-corrected chi connectivity index (χ4v) is 1.87. The van der Waals surface area contributed by atoms with Crippen LogP contribution >= 0.6 is 0 Å². The van der Waals surface area contributed by atoms with Gasteiger partial charge in [-0.1, -0.05) is 0 Å². The first kappa shape index (κ1) is 11.6. The zero-order valence-corrected chi connectivity index (χ0v) is 10.2. The van der Waals surface area contributed by atoms with E-state index in [9.17, 15) is 5.11 Å². The molecule has 1 aliphatic heterocycles. The maximum absolute atomic E-state index is 9.82. The normalized spacial score (nSPS) is 14.8. The van der Waals surface area contributed by atoms with E-state index < -0.39 is 0 Å². The number of phenolic OH excluding ortho intramolecular Hbond substituents is 1. The molecule has 17 heavy (non-hydrogen) atoms. The quantitative estimate of drug-likeness (QED) is 0.854. The average molecular weight is 236 g/mol. The number of aliphatic imine (C=N–C) groups is 1. The van der Waals surface area contributed by atoms with Gasteiger partial charge in [-0.3, -0.25) is 4.99 Å². The minimum Gasteiger partial charge on any atom is -0.502 e. The molecule has 92 valence electrons. The second-order valence-corrected chi connectivity index (χ2v) is 3.86. The lowest BCUT2D eigenvalue weighted by molar-refractivity contribution is 0.339. The van der Waals surface area contributed by atoms with Crippen molar-refractivity contribution in [3.05, 3.63) is 17.7 Å². The highest BCUT2D eigenvalue weighted by Gasteiger charge is 2.19. The molecule has 0 aromatic heterocycles. The number of amidine groups is 1. The monoisotopic (exact) mass is 236 g/mol. The lowest BCUT2D eigenvalue weighted by Crippen LogP contribution is -2.23. The topological polar surface area (TPSA) is 54.3 Å². The van der Waals surface area contributed by atoms with E-state index in [0.717, 1.165) is 24.5 Å². The van der Waals surface area contributed by atoms with Crippen LogP contribution in [0, 0.1) is 0 Å². The summed E-state index contributed by atoms with van der Waals surface area (Å²) < 4.78 is 10.2. The second-order valence-electron chi connectivity index (χ2n) is 3.86. The SMILES string of the molecule is COc1cc(C2=NCCN2C)cc(OC)c1O. The van der Waals surface area contributed by atoms with Gasteiger partial charge in [0.1, 0.15) is 5.84 Å². The van der Waals surface area contributed by atoms with E-state index in [-0.39, 0.29) is 5.75 Å². The van der Waals surface area contributed by atoms with E-state index in [1.54, 1.807) is 12.1 Å². The summed E-state index contributed by atoms with van der Waals surface area (Å²) in [5.74, 6) is 1.69. The number of benzene rings is 1. The molecule has 0 saturated carbocycles. The Hall–Kier alpha value is -1.91. The van der Waals surface area contributed by atoms with Gasteiger partial charge in [-0.2, -0.15) is 0 Å². The highest BCUT2D eigenvalue weighted by atomic mass is 16.5. The Morgan fingerprint density at radius 2 is 1.82 bits per heavy atom. The van der Waals surface area contributed by atoms with Gasteiger partial charge in [-0.25, -0.2) is 0 Å². The molecule has 1 aromatic carbocycles. The van der Waals surface area contributed by atoms with Gasteiger partial charge >= 0.3 is 0 Å². The molecule has 1 aromatic rings. The van der Waals surface area contributed by atoms with Gasteiger partial charge in [0.2, 0.25) is 5.75 Å². The van der Waals surface area contributed by atoms with Crippen molar-refractivity contribution >= 4 is 5.84 Å². The van der Waals surface area contributed by atoms with Gasteiger partial charge in [0.15, 0.2) is 11.5 Å². The van der Waals surface area contributed by atoms with Crippen LogP contribution < -0.4 is 9.47 Å². The smallest absolute Gasteiger partial charge is 0.200 e. The zero-order chi connectivity index (χ0) is 12.4. The molecule has 0 spiro atoms. The lowest BCUT2D eigenvalue weighted by Gasteiger charge is -2.16. The summed E-state index contributed by atoms with van der Waals surface area (Å²) in [7, 11) is 5.01. The minimum absolute atomic E-state index is 0.0139. The molecule has 1 aliphatic rings. The Morgan fingerprint density at radius 1 is 1.24 bits per heavy atom. The molecule has 0 unspecified atom stereocenters. The predicted molar refractivity (Wildman–Crippen MR) is 65.2 cm³/mol. The van der Waals surface area contributed by atoms with Crippen LogP contribution in [0.4, 0.5) is 0 Å². The predicted octanol–water partition coefficient (Wildman–Crippen LogP) is 1.10. The number of aromatic hydroxyl groups is 1. The fraction of sp³-hybridized carbons (Fsp3) is 0.417. The Labute approximate surface area is 100 Å².